The third-order valence-electron chi connectivity index (χ3n) is 2.26. The number of phenolic OH excluding ortho intramolecular Hbond substituents is 1. The van der Waals surface area contributed by atoms with Crippen LogP contribution in [0.1, 0.15) is 41.5 Å². The average Bonchev–Trinajstić information content (AvgIpc) is 2.20. The fourth-order valence-corrected chi connectivity index (χ4v) is 1.47. The predicted octanol–water partition coefficient (Wildman–Crippen LogP) is 2.23. The van der Waals surface area contributed by atoms with Crippen molar-refractivity contribution < 1.29 is 14.7 Å². The van der Waals surface area contributed by atoms with Crippen LogP contribution in [0.15, 0.2) is 12.1 Å². The zero-order valence-corrected chi connectivity index (χ0v) is 9.63. The van der Waals surface area contributed by atoms with Crippen molar-refractivity contribution in [1.29, 1.82) is 0 Å². The molecule has 0 radical (unpaired) electrons. The van der Waals surface area contributed by atoms with Crippen molar-refractivity contribution in [3.05, 3.63) is 23.3 Å². The molecule has 0 aliphatic carbocycles. The Balaban J connectivity index is 3.39. The van der Waals surface area contributed by atoms with E-state index in [1.54, 1.807) is 0 Å². The minimum Gasteiger partial charge on any atom is -0.506 e. The van der Waals surface area contributed by atoms with Crippen LogP contribution in [0.25, 0.3) is 0 Å². The maximum atomic E-state index is 11.4. The van der Waals surface area contributed by atoms with E-state index in [9.17, 15) is 14.7 Å². The van der Waals surface area contributed by atoms with Gasteiger partial charge in [0.05, 0.1) is 5.69 Å². The quantitative estimate of drug-likeness (QED) is 0.604. The molecule has 1 aromatic carbocycles. The molecule has 0 bridgehead atoms. The van der Waals surface area contributed by atoms with E-state index in [4.69, 9.17) is 0 Å². The number of hydrogen-bond acceptors (Lipinski definition) is 4. The number of ketones is 2. The van der Waals surface area contributed by atoms with Crippen LogP contribution >= 0.6 is 0 Å². The highest BCUT2D eigenvalue weighted by atomic mass is 16.3. The second-order valence-corrected chi connectivity index (χ2v) is 3.56. The third-order valence-corrected chi connectivity index (χ3v) is 2.26. The number of carbonyl (C=O) groups excluding carboxylic acids is 2. The lowest BCUT2D eigenvalue weighted by Crippen LogP contribution is -2.06. The highest BCUT2D eigenvalue weighted by Crippen LogP contribution is 2.29. The van der Waals surface area contributed by atoms with Crippen molar-refractivity contribution >= 4 is 17.3 Å². The summed E-state index contributed by atoms with van der Waals surface area (Å²) in [6.07, 6.45) is 0. The van der Waals surface area contributed by atoms with Crippen molar-refractivity contribution in [2.45, 2.75) is 20.8 Å². The summed E-state index contributed by atoms with van der Waals surface area (Å²) >= 11 is 0. The zero-order valence-electron chi connectivity index (χ0n) is 9.63. The topological polar surface area (TPSA) is 66.4 Å². The molecular weight excluding hydrogens is 206 g/mol. The maximum Gasteiger partial charge on any atom is 0.162 e. The molecule has 0 spiro atoms. The number of carbonyl (C=O) groups is 2. The largest absolute Gasteiger partial charge is 0.506 e. The second kappa shape index (κ2) is 4.79. The van der Waals surface area contributed by atoms with E-state index in [2.05, 4.69) is 5.32 Å². The molecule has 1 rings (SSSR count). The van der Waals surface area contributed by atoms with Crippen LogP contribution in [0.3, 0.4) is 0 Å². The van der Waals surface area contributed by atoms with E-state index in [1.165, 1.54) is 26.0 Å². The normalized spacial score (nSPS) is 9.94. The van der Waals surface area contributed by atoms with Crippen molar-refractivity contribution in [3.63, 3.8) is 0 Å². The molecule has 0 heterocycles. The fourth-order valence-electron chi connectivity index (χ4n) is 1.47. The van der Waals surface area contributed by atoms with Gasteiger partial charge in [0.25, 0.3) is 0 Å². The summed E-state index contributed by atoms with van der Waals surface area (Å²) in [5, 5.41) is 12.6. The molecular formula is C12H15NO3. The molecule has 0 atom stereocenters. The van der Waals surface area contributed by atoms with E-state index >= 15 is 0 Å². The van der Waals surface area contributed by atoms with Gasteiger partial charge in [-0.15, -0.1) is 0 Å². The summed E-state index contributed by atoms with van der Waals surface area (Å²) in [5.74, 6) is -0.435. The van der Waals surface area contributed by atoms with Crippen LogP contribution < -0.4 is 5.32 Å². The Hall–Kier alpha value is -1.84. The van der Waals surface area contributed by atoms with E-state index in [1.807, 2.05) is 6.92 Å². The fraction of sp³-hybridized carbons (Fsp3) is 0.333. The molecule has 0 fully saturated rings. The first-order valence-electron chi connectivity index (χ1n) is 5.10. The zero-order chi connectivity index (χ0) is 12.3. The molecule has 0 aliphatic heterocycles. The molecule has 0 aliphatic rings. The van der Waals surface area contributed by atoms with Gasteiger partial charge in [-0.2, -0.15) is 0 Å². The Morgan fingerprint density at radius 1 is 1.25 bits per heavy atom. The number of Topliss-reactive ketones (excluding diaryl/α,β-unsaturated/α-hetero) is 2. The standard InChI is InChI=1S/C12H15NO3/c1-4-13-12-10(8(3)15)5-9(7(2)14)6-11(12)16/h5-6,13,16H,4H2,1-3H3. The summed E-state index contributed by atoms with van der Waals surface area (Å²) in [4.78, 5) is 22.6. The van der Waals surface area contributed by atoms with Crippen molar-refractivity contribution in [2.24, 2.45) is 0 Å². The van der Waals surface area contributed by atoms with Crippen LogP contribution in [0.5, 0.6) is 5.75 Å². The van der Waals surface area contributed by atoms with Gasteiger partial charge in [0.15, 0.2) is 11.6 Å². The second-order valence-electron chi connectivity index (χ2n) is 3.56. The minimum atomic E-state index is -0.186. The Morgan fingerprint density at radius 2 is 1.88 bits per heavy atom. The molecule has 4 nitrogen and oxygen atoms in total. The van der Waals surface area contributed by atoms with Gasteiger partial charge in [-0.25, -0.2) is 0 Å². The van der Waals surface area contributed by atoms with Gasteiger partial charge in [-0.3, -0.25) is 9.59 Å². The van der Waals surface area contributed by atoms with Gasteiger partial charge in [0.2, 0.25) is 0 Å². The summed E-state index contributed by atoms with van der Waals surface area (Å²) in [6.45, 7) is 5.25. The first kappa shape index (κ1) is 12.2. The minimum absolute atomic E-state index is 0.0697. The Labute approximate surface area is 94.3 Å². The van der Waals surface area contributed by atoms with E-state index < -0.39 is 0 Å². The molecule has 0 aromatic heterocycles. The molecule has 0 saturated carbocycles. The number of aromatic hydroxyl groups is 1. The van der Waals surface area contributed by atoms with Crippen LogP contribution in [0.4, 0.5) is 5.69 Å². The number of benzene rings is 1. The van der Waals surface area contributed by atoms with Gasteiger partial charge in [0, 0.05) is 17.7 Å². The summed E-state index contributed by atoms with van der Waals surface area (Å²) in [5.41, 5.74) is 1.07. The lowest BCUT2D eigenvalue weighted by molar-refractivity contribution is 0.101. The summed E-state index contributed by atoms with van der Waals surface area (Å²) in [7, 11) is 0. The number of anilines is 1. The van der Waals surface area contributed by atoms with Gasteiger partial charge >= 0.3 is 0 Å². The molecule has 86 valence electrons. The van der Waals surface area contributed by atoms with Gasteiger partial charge in [0.1, 0.15) is 5.75 Å². The Morgan fingerprint density at radius 3 is 2.31 bits per heavy atom. The number of hydrogen-bond donors (Lipinski definition) is 2. The van der Waals surface area contributed by atoms with Crippen molar-refractivity contribution in [2.75, 3.05) is 11.9 Å². The van der Waals surface area contributed by atoms with Crippen LogP contribution in [0.2, 0.25) is 0 Å². The van der Waals surface area contributed by atoms with Gasteiger partial charge in [-0.05, 0) is 32.9 Å². The van der Waals surface area contributed by atoms with Crippen LogP contribution in [-0.2, 0) is 0 Å². The maximum absolute atomic E-state index is 11.4. The van der Waals surface area contributed by atoms with Crippen molar-refractivity contribution in [3.8, 4) is 5.75 Å². The molecule has 0 unspecified atom stereocenters. The molecule has 0 saturated heterocycles. The highest BCUT2D eigenvalue weighted by molar-refractivity contribution is 6.04. The SMILES string of the molecule is CCNc1c(O)cc(C(C)=O)cc1C(C)=O. The van der Waals surface area contributed by atoms with E-state index in [-0.39, 0.29) is 17.3 Å². The smallest absolute Gasteiger partial charge is 0.162 e. The molecule has 16 heavy (non-hydrogen) atoms. The first-order valence-corrected chi connectivity index (χ1v) is 5.10. The van der Waals surface area contributed by atoms with E-state index in [0.717, 1.165) is 0 Å². The van der Waals surface area contributed by atoms with E-state index in [0.29, 0.717) is 23.4 Å². The summed E-state index contributed by atoms with van der Waals surface area (Å²) in [6, 6.07) is 2.87. The average molecular weight is 221 g/mol. The Bertz CT molecular complexity index is 438. The lowest BCUT2D eigenvalue weighted by atomic mass is 10.0. The monoisotopic (exact) mass is 221 g/mol. The third kappa shape index (κ3) is 2.39. The first-order chi connectivity index (χ1) is 7.47. The van der Waals surface area contributed by atoms with Crippen LogP contribution in [-0.4, -0.2) is 23.2 Å². The van der Waals surface area contributed by atoms with Gasteiger partial charge in [-0.1, -0.05) is 0 Å². The van der Waals surface area contributed by atoms with Crippen LogP contribution in [0, 0.1) is 0 Å². The Kier molecular flexibility index (Phi) is 3.66. The number of phenols is 1. The molecule has 2 N–H and O–H groups in total. The predicted molar refractivity (Wildman–Crippen MR) is 62.3 cm³/mol. The van der Waals surface area contributed by atoms with Gasteiger partial charge < -0.3 is 10.4 Å². The molecule has 4 heteroatoms. The summed E-state index contributed by atoms with van der Waals surface area (Å²) < 4.78 is 0. The molecule has 1 aromatic rings. The lowest BCUT2D eigenvalue weighted by Gasteiger charge is -2.12. The van der Waals surface area contributed by atoms with Crippen molar-refractivity contribution in [1.82, 2.24) is 0 Å². The number of rotatable bonds is 4. The highest BCUT2D eigenvalue weighted by Gasteiger charge is 2.14. The molecule has 0 amide bonds. The number of nitrogens with one attached hydrogen (secondary N) is 1.